The lowest BCUT2D eigenvalue weighted by molar-refractivity contribution is -0.387. The topological polar surface area (TPSA) is 139 Å². The van der Waals surface area contributed by atoms with Gasteiger partial charge in [0.1, 0.15) is 11.8 Å². The Balaban J connectivity index is 1.67. The number of nitro benzene ring substituents is 1. The molecule has 0 fully saturated rings. The number of hydrogen-bond acceptors (Lipinski definition) is 11. The van der Waals surface area contributed by atoms with Crippen LogP contribution >= 0.6 is 34.7 Å². The van der Waals surface area contributed by atoms with Crippen molar-refractivity contribution in [3.63, 3.8) is 0 Å². The highest BCUT2D eigenvalue weighted by molar-refractivity contribution is 7.99. The predicted octanol–water partition coefficient (Wildman–Crippen LogP) is 4.70. The second-order valence-electron chi connectivity index (χ2n) is 9.54. The molecule has 0 N–H and O–H groups in total. The van der Waals surface area contributed by atoms with E-state index in [4.69, 9.17) is 21.1 Å². The minimum Gasteiger partial charge on any atom is -0.496 e. The van der Waals surface area contributed by atoms with Gasteiger partial charge in [0.15, 0.2) is 9.96 Å². The lowest BCUT2D eigenvalue weighted by atomic mass is 9.95. The number of esters is 1. The van der Waals surface area contributed by atoms with Crippen LogP contribution < -0.4 is 19.6 Å². The van der Waals surface area contributed by atoms with E-state index in [2.05, 4.69) is 15.0 Å². The Kier molecular flexibility index (Phi) is 8.76. The Labute approximate surface area is 258 Å². The van der Waals surface area contributed by atoms with Crippen LogP contribution in [0.2, 0.25) is 5.02 Å². The Morgan fingerprint density at radius 3 is 2.63 bits per heavy atom. The smallest absolute Gasteiger partial charge is 0.338 e. The molecule has 5 rings (SSSR count). The number of ether oxygens (including phenoxy) is 2. The summed E-state index contributed by atoms with van der Waals surface area (Å²) < 4.78 is 12.8. The molecule has 14 heteroatoms. The van der Waals surface area contributed by atoms with Crippen LogP contribution in [0.3, 0.4) is 0 Å². The lowest BCUT2D eigenvalue weighted by Gasteiger charge is -2.26. The zero-order valence-corrected chi connectivity index (χ0v) is 25.7. The minimum atomic E-state index is -0.947. The van der Waals surface area contributed by atoms with Crippen molar-refractivity contribution in [3.05, 3.63) is 112 Å². The van der Waals surface area contributed by atoms with Crippen LogP contribution in [0.4, 0.5) is 5.69 Å². The molecule has 1 aliphatic rings. The average Bonchev–Trinajstić information content (AvgIpc) is 3.26. The molecule has 3 heterocycles. The van der Waals surface area contributed by atoms with E-state index in [1.807, 2.05) is 0 Å². The van der Waals surface area contributed by atoms with Crippen LogP contribution in [0.1, 0.15) is 37.9 Å². The standard InChI is InChI=1S/C29H24ClN5O6S2/c1-15(2)41-27(37)24-16(3)33-29-34(25(24)19-14-18(30)7-8-21(19)40-4)26(36)23(43-29)13-17-6-9-22(20(12-17)35(38)39)42-28-31-10-5-11-32-28/h5-15,25H,1-4H3/b23-13-/t25-/m1/s1. The van der Waals surface area contributed by atoms with Crippen LogP contribution in [0.15, 0.2) is 86.0 Å². The summed E-state index contributed by atoms with van der Waals surface area (Å²) in [5.74, 6) is -0.205. The van der Waals surface area contributed by atoms with Crippen LogP contribution in [-0.2, 0) is 9.53 Å². The highest BCUT2D eigenvalue weighted by Crippen LogP contribution is 2.38. The van der Waals surface area contributed by atoms with Crippen molar-refractivity contribution in [1.82, 2.24) is 14.5 Å². The molecule has 0 radical (unpaired) electrons. The quantitative estimate of drug-likeness (QED) is 0.116. The van der Waals surface area contributed by atoms with Gasteiger partial charge in [-0.05, 0) is 74.5 Å². The zero-order chi connectivity index (χ0) is 30.8. The first-order valence-electron chi connectivity index (χ1n) is 12.9. The lowest BCUT2D eigenvalue weighted by Crippen LogP contribution is -2.40. The Bertz CT molecular complexity index is 1960. The van der Waals surface area contributed by atoms with E-state index < -0.39 is 28.6 Å². The van der Waals surface area contributed by atoms with E-state index in [0.717, 1.165) is 23.1 Å². The molecule has 220 valence electrons. The van der Waals surface area contributed by atoms with Gasteiger partial charge < -0.3 is 9.47 Å². The summed E-state index contributed by atoms with van der Waals surface area (Å²) in [6, 6.07) is 10.3. The van der Waals surface area contributed by atoms with Gasteiger partial charge in [-0.25, -0.2) is 19.8 Å². The molecule has 2 aromatic heterocycles. The number of aromatic nitrogens is 3. The number of thiazole rings is 1. The molecule has 4 aromatic rings. The maximum atomic E-state index is 14.0. The molecule has 43 heavy (non-hydrogen) atoms. The number of nitro groups is 1. The molecule has 1 atom stereocenters. The number of carbonyl (C=O) groups excluding carboxylic acids is 1. The van der Waals surface area contributed by atoms with E-state index >= 15 is 0 Å². The SMILES string of the molecule is COc1ccc(Cl)cc1[C@@H]1C(C(=O)OC(C)C)=C(C)N=c2s/c(=C\c3ccc(Sc4ncccn4)c([N+](=O)[O-])c3)c(=O)n21. The second kappa shape index (κ2) is 12.5. The maximum absolute atomic E-state index is 14.0. The number of halogens is 1. The summed E-state index contributed by atoms with van der Waals surface area (Å²) in [6.45, 7) is 5.13. The molecule has 0 unspecified atom stereocenters. The number of allylic oxidation sites excluding steroid dienone is 1. The molecule has 11 nitrogen and oxygen atoms in total. The van der Waals surface area contributed by atoms with Gasteiger partial charge >= 0.3 is 5.97 Å². The van der Waals surface area contributed by atoms with Crippen molar-refractivity contribution in [2.75, 3.05) is 7.11 Å². The number of fused-ring (bicyclic) bond motifs is 1. The van der Waals surface area contributed by atoms with E-state index in [1.54, 1.807) is 75.6 Å². The Hall–Kier alpha value is -4.33. The van der Waals surface area contributed by atoms with Crippen LogP contribution in [-0.4, -0.2) is 38.6 Å². The molecule has 2 aromatic carbocycles. The largest absolute Gasteiger partial charge is 0.496 e. The van der Waals surface area contributed by atoms with Gasteiger partial charge in [0.05, 0.1) is 38.8 Å². The molecule has 0 aliphatic carbocycles. The Morgan fingerprint density at radius 1 is 1.21 bits per heavy atom. The fraction of sp³-hybridized carbons (Fsp3) is 0.207. The number of benzene rings is 2. The number of rotatable bonds is 8. The summed E-state index contributed by atoms with van der Waals surface area (Å²) in [7, 11) is 1.48. The molecule has 0 saturated carbocycles. The van der Waals surface area contributed by atoms with Crippen LogP contribution in [0, 0.1) is 10.1 Å². The van der Waals surface area contributed by atoms with Gasteiger partial charge in [-0.2, -0.15) is 0 Å². The zero-order valence-electron chi connectivity index (χ0n) is 23.3. The van der Waals surface area contributed by atoms with Crippen molar-refractivity contribution in [3.8, 4) is 5.75 Å². The molecule has 1 aliphatic heterocycles. The minimum absolute atomic E-state index is 0.157. The Morgan fingerprint density at radius 2 is 1.95 bits per heavy atom. The maximum Gasteiger partial charge on any atom is 0.338 e. The van der Waals surface area contributed by atoms with Gasteiger partial charge in [-0.3, -0.25) is 19.5 Å². The average molecular weight is 638 g/mol. The van der Waals surface area contributed by atoms with E-state index in [-0.39, 0.29) is 15.8 Å². The summed E-state index contributed by atoms with van der Waals surface area (Å²) in [4.78, 5) is 52.3. The molecule has 0 spiro atoms. The summed E-state index contributed by atoms with van der Waals surface area (Å²) in [5.41, 5.74) is 0.862. The second-order valence-corrected chi connectivity index (χ2v) is 12.0. The fourth-order valence-electron chi connectivity index (χ4n) is 4.51. The van der Waals surface area contributed by atoms with Crippen molar-refractivity contribution in [2.24, 2.45) is 4.99 Å². The van der Waals surface area contributed by atoms with Gasteiger partial charge in [-0.1, -0.05) is 29.0 Å². The highest BCUT2D eigenvalue weighted by Gasteiger charge is 2.35. The van der Waals surface area contributed by atoms with E-state index in [1.165, 1.54) is 17.7 Å². The first-order chi connectivity index (χ1) is 20.6. The van der Waals surface area contributed by atoms with Crippen molar-refractivity contribution < 1.29 is 19.2 Å². The van der Waals surface area contributed by atoms with E-state index in [0.29, 0.717) is 42.4 Å². The van der Waals surface area contributed by atoms with Gasteiger partial charge in [0.2, 0.25) is 0 Å². The number of nitrogens with zero attached hydrogens (tertiary/aromatic N) is 5. The molecule has 0 amide bonds. The van der Waals surface area contributed by atoms with E-state index in [9.17, 15) is 19.7 Å². The molecular weight excluding hydrogens is 614 g/mol. The first kappa shape index (κ1) is 30.1. The first-order valence-corrected chi connectivity index (χ1v) is 14.9. The van der Waals surface area contributed by atoms with Crippen molar-refractivity contribution in [2.45, 2.75) is 43.0 Å². The molecular formula is C29H24ClN5O6S2. The third-order valence-electron chi connectivity index (χ3n) is 6.29. The predicted molar refractivity (Wildman–Crippen MR) is 162 cm³/mol. The third-order valence-corrected chi connectivity index (χ3v) is 8.47. The fourth-order valence-corrected chi connectivity index (χ4v) is 6.54. The summed E-state index contributed by atoms with van der Waals surface area (Å²) in [5, 5.41) is 12.7. The van der Waals surface area contributed by atoms with Gasteiger partial charge in [-0.15, -0.1) is 0 Å². The molecule has 0 bridgehead atoms. The number of carbonyl (C=O) groups is 1. The summed E-state index contributed by atoms with van der Waals surface area (Å²) in [6.07, 6.45) is 4.25. The number of methoxy groups -OCH3 is 1. The normalized spacial score (nSPS) is 14.8. The molecule has 0 saturated heterocycles. The number of hydrogen-bond donors (Lipinski definition) is 0. The van der Waals surface area contributed by atoms with Crippen LogP contribution in [0.5, 0.6) is 5.75 Å². The highest BCUT2D eigenvalue weighted by atomic mass is 35.5. The summed E-state index contributed by atoms with van der Waals surface area (Å²) >= 11 is 8.52. The van der Waals surface area contributed by atoms with Gasteiger partial charge in [0, 0.05) is 29.0 Å². The monoisotopic (exact) mass is 637 g/mol. The van der Waals surface area contributed by atoms with Crippen molar-refractivity contribution in [1.29, 1.82) is 0 Å². The van der Waals surface area contributed by atoms with Gasteiger partial charge in [0.25, 0.3) is 11.2 Å². The third kappa shape index (κ3) is 6.24. The van der Waals surface area contributed by atoms with Crippen LogP contribution in [0.25, 0.3) is 6.08 Å². The van der Waals surface area contributed by atoms with Crippen molar-refractivity contribution >= 4 is 52.4 Å².